The maximum atomic E-state index is 13.2. The molecular weight excluding hydrogens is 440 g/mol. The van der Waals surface area contributed by atoms with Crippen LogP contribution in [-0.2, 0) is 6.54 Å². The number of H-pyrrole nitrogens is 1. The summed E-state index contributed by atoms with van der Waals surface area (Å²) in [4.78, 5) is 13.9. The molecule has 3 aromatic rings. The fourth-order valence-corrected chi connectivity index (χ4v) is 5.28. The van der Waals surface area contributed by atoms with Crippen LogP contribution in [-0.4, -0.2) is 69.3 Å². The van der Waals surface area contributed by atoms with E-state index in [1.165, 1.54) is 12.0 Å². The van der Waals surface area contributed by atoms with Crippen molar-refractivity contribution in [3.8, 4) is 17.0 Å². The molecule has 4 aliphatic rings. The van der Waals surface area contributed by atoms with Crippen LogP contribution in [0.1, 0.15) is 24.8 Å². The first-order valence-corrected chi connectivity index (χ1v) is 11.6. The smallest absolute Gasteiger partial charge is 0.252 e. The maximum absolute atomic E-state index is 13.2. The summed E-state index contributed by atoms with van der Waals surface area (Å²) in [7, 11) is 1.63. The lowest BCUT2D eigenvalue weighted by molar-refractivity contribution is -0.0794. The lowest BCUT2D eigenvalue weighted by Crippen LogP contribution is -2.68. The molecular formula is C24H27F2N7O. The zero-order valence-electron chi connectivity index (χ0n) is 18.9. The third-order valence-electron chi connectivity index (χ3n) is 7.17. The van der Waals surface area contributed by atoms with Crippen LogP contribution in [0.4, 0.5) is 20.4 Å². The molecule has 0 radical (unpaired) electrons. The summed E-state index contributed by atoms with van der Waals surface area (Å²) >= 11 is 0. The largest absolute Gasteiger partial charge is 0.481 e. The Morgan fingerprint density at radius 2 is 1.94 bits per heavy atom. The van der Waals surface area contributed by atoms with Crippen LogP contribution in [0.3, 0.4) is 0 Å². The van der Waals surface area contributed by atoms with Crippen LogP contribution in [0.25, 0.3) is 11.1 Å². The van der Waals surface area contributed by atoms with E-state index < -0.39 is 5.92 Å². The Morgan fingerprint density at radius 1 is 1.12 bits per heavy atom. The summed E-state index contributed by atoms with van der Waals surface area (Å²) in [5.74, 6) is -0.372. The number of methoxy groups -OCH3 is 1. The summed E-state index contributed by atoms with van der Waals surface area (Å²) < 4.78 is 31.5. The van der Waals surface area contributed by atoms with Crippen molar-refractivity contribution in [1.82, 2.24) is 25.1 Å². The first kappa shape index (κ1) is 21.3. The highest BCUT2D eigenvalue weighted by Gasteiger charge is 2.46. The molecule has 0 amide bonds. The highest BCUT2D eigenvalue weighted by molar-refractivity contribution is 5.75. The molecule has 0 spiro atoms. The number of hydrogen-bond donors (Lipinski definition) is 2. The van der Waals surface area contributed by atoms with Crippen LogP contribution >= 0.6 is 0 Å². The Hall–Kier alpha value is -3.27. The quantitative estimate of drug-likeness (QED) is 0.550. The van der Waals surface area contributed by atoms with E-state index in [0.29, 0.717) is 23.8 Å². The van der Waals surface area contributed by atoms with Crippen LogP contribution in [0.2, 0.25) is 0 Å². The maximum Gasteiger partial charge on any atom is 0.252 e. The number of ether oxygens (including phenoxy) is 1. The van der Waals surface area contributed by atoms with Crippen molar-refractivity contribution in [3.05, 3.63) is 48.4 Å². The molecule has 2 bridgehead atoms. The van der Waals surface area contributed by atoms with Crippen LogP contribution < -0.4 is 15.0 Å². The van der Waals surface area contributed by atoms with Gasteiger partial charge in [-0.25, -0.2) is 18.7 Å². The number of aromatic amines is 1. The minimum atomic E-state index is -2.56. The van der Waals surface area contributed by atoms with E-state index in [9.17, 15) is 8.78 Å². The van der Waals surface area contributed by atoms with Gasteiger partial charge in [-0.2, -0.15) is 5.10 Å². The average molecular weight is 468 g/mol. The molecule has 3 saturated heterocycles. The highest BCUT2D eigenvalue weighted by Crippen LogP contribution is 2.40. The first-order valence-electron chi connectivity index (χ1n) is 11.6. The van der Waals surface area contributed by atoms with E-state index in [4.69, 9.17) is 9.72 Å². The molecule has 8 nitrogen and oxygen atoms in total. The fourth-order valence-electron chi connectivity index (χ4n) is 5.28. The topological polar surface area (TPSA) is 82.2 Å². The molecule has 3 aliphatic heterocycles. The Kier molecular flexibility index (Phi) is 5.13. The van der Waals surface area contributed by atoms with Gasteiger partial charge in [0.05, 0.1) is 7.11 Å². The second-order valence-corrected chi connectivity index (χ2v) is 9.49. The number of rotatable bonds is 7. The van der Waals surface area contributed by atoms with Crippen LogP contribution in [0.5, 0.6) is 5.88 Å². The average Bonchev–Trinajstić information content (AvgIpc) is 3.30. The zero-order valence-corrected chi connectivity index (χ0v) is 18.9. The van der Waals surface area contributed by atoms with Gasteiger partial charge in [0.25, 0.3) is 5.92 Å². The lowest BCUT2D eigenvalue weighted by Gasteiger charge is -2.56. The Morgan fingerprint density at radius 3 is 2.59 bits per heavy atom. The minimum Gasteiger partial charge on any atom is -0.481 e. The number of aromatic nitrogens is 4. The van der Waals surface area contributed by atoms with Gasteiger partial charge in [0.2, 0.25) is 5.88 Å². The van der Waals surface area contributed by atoms with Crippen molar-refractivity contribution in [1.29, 1.82) is 0 Å². The van der Waals surface area contributed by atoms with E-state index in [1.54, 1.807) is 13.3 Å². The number of piperidine rings is 1. The van der Waals surface area contributed by atoms with E-state index in [2.05, 4.69) is 36.4 Å². The van der Waals surface area contributed by atoms with Crippen molar-refractivity contribution in [3.63, 3.8) is 0 Å². The molecule has 1 saturated carbocycles. The van der Waals surface area contributed by atoms with Crippen LogP contribution in [0, 0.1) is 0 Å². The molecule has 7 rings (SSSR count). The van der Waals surface area contributed by atoms with Gasteiger partial charge in [-0.05, 0) is 24.1 Å². The molecule has 4 fully saturated rings. The van der Waals surface area contributed by atoms with Crippen LogP contribution in [0.15, 0.2) is 42.9 Å². The molecule has 1 aliphatic carbocycles. The molecule has 178 valence electrons. The van der Waals surface area contributed by atoms with Crippen molar-refractivity contribution in [2.75, 3.05) is 30.4 Å². The summed E-state index contributed by atoms with van der Waals surface area (Å²) in [6, 6.07) is 8.81. The molecule has 0 aromatic carbocycles. The summed E-state index contributed by atoms with van der Waals surface area (Å²) in [6.45, 7) is 2.79. The second kappa shape index (κ2) is 8.19. The Balaban J connectivity index is 1.08. The normalized spacial score (nSPS) is 23.8. The SMILES string of the molecule is COc1ccc(CN2C3CC2CN(c2ccc(-c4c[nH]nc4NC4CC(F)(F)C4)cn2)C3)cn1. The molecule has 2 N–H and O–H groups in total. The van der Waals surface area contributed by atoms with Gasteiger partial charge in [0, 0.05) is 86.4 Å². The zero-order chi connectivity index (χ0) is 23.3. The lowest BCUT2D eigenvalue weighted by atomic mass is 9.87. The van der Waals surface area contributed by atoms with Crippen molar-refractivity contribution >= 4 is 11.6 Å². The van der Waals surface area contributed by atoms with Gasteiger partial charge in [-0.15, -0.1) is 0 Å². The second-order valence-electron chi connectivity index (χ2n) is 9.49. The van der Waals surface area contributed by atoms with Gasteiger partial charge >= 0.3 is 0 Å². The minimum absolute atomic E-state index is 0.153. The molecule has 10 heteroatoms. The first-order chi connectivity index (χ1) is 16.5. The number of alkyl halides is 2. The monoisotopic (exact) mass is 467 g/mol. The predicted molar refractivity (Wildman–Crippen MR) is 124 cm³/mol. The number of anilines is 2. The number of halogens is 2. The van der Waals surface area contributed by atoms with Gasteiger partial charge in [0.15, 0.2) is 5.82 Å². The third-order valence-corrected chi connectivity index (χ3v) is 7.17. The number of nitrogens with one attached hydrogen (secondary N) is 2. The molecule has 2 unspecified atom stereocenters. The predicted octanol–water partition coefficient (Wildman–Crippen LogP) is 3.55. The number of fused-ring (bicyclic) bond motifs is 2. The number of nitrogens with zero attached hydrogens (tertiary/aromatic N) is 5. The van der Waals surface area contributed by atoms with Gasteiger partial charge in [-0.3, -0.25) is 10.00 Å². The van der Waals surface area contributed by atoms with Crippen molar-refractivity contribution in [2.45, 2.75) is 49.9 Å². The molecule has 2 atom stereocenters. The summed E-state index contributed by atoms with van der Waals surface area (Å²) in [6.07, 6.45) is 6.40. The van der Waals surface area contributed by atoms with E-state index >= 15 is 0 Å². The van der Waals surface area contributed by atoms with E-state index in [1.807, 2.05) is 30.6 Å². The Bertz CT molecular complexity index is 1130. The highest BCUT2D eigenvalue weighted by atomic mass is 19.3. The number of piperazine rings is 1. The summed E-state index contributed by atoms with van der Waals surface area (Å²) in [5, 5.41) is 10.2. The molecule has 6 heterocycles. The molecule has 34 heavy (non-hydrogen) atoms. The standard InChI is InChI=1S/C24H27F2N7O/c1-34-22-5-2-15(9-28-22)12-33-18-6-19(33)14-32(13-18)21-4-3-16(10-27-21)20-11-29-31-23(20)30-17-7-24(25,26)8-17/h2-5,9-11,17-19H,6-8,12-14H2,1H3,(H2,29,30,31). The van der Waals surface area contributed by atoms with E-state index in [-0.39, 0.29) is 18.9 Å². The fraction of sp³-hybridized carbons (Fsp3) is 0.458. The third kappa shape index (κ3) is 3.96. The molecule has 3 aromatic heterocycles. The van der Waals surface area contributed by atoms with Gasteiger partial charge in [0.1, 0.15) is 5.82 Å². The number of hydrogen-bond acceptors (Lipinski definition) is 7. The van der Waals surface area contributed by atoms with E-state index in [0.717, 1.165) is 36.6 Å². The van der Waals surface area contributed by atoms with Crippen molar-refractivity contribution < 1.29 is 13.5 Å². The van der Waals surface area contributed by atoms with Gasteiger partial charge in [-0.1, -0.05) is 6.07 Å². The summed E-state index contributed by atoms with van der Waals surface area (Å²) in [5.41, 5.74) is 2.94. The van der Waals surface area contributed by atoms with Crippen molar-refractivity contribution in [2.24, 2.45) is 0 Å². The van der Waals surface area contributed by atoms with Gasteiger partial charge < -0.3 is 15.0 Å². The Labute approximate surface area is 196 Å². The number of pyridine rings is 2.